The molecule has 170 valence electrons. The van der Waals surface area contributed by atoms with Gasteiger partial charge in [-0.05, 0) is 0 Å². The summed E-state index contributed by atoms with van der Waals surface area (Å²) in [6.45, 7) is 0.959. The molecule has 1 fully saturated rings. The van der Waals surface area contributed by atoms with Crippen LogP contribution in [-0.2, 0) is 4.79 Å². The normalized spacial score (nSPS) is 19.2. The topological polar surface area (TPSA) is 70.6 Å². The number of piperidine rings is 1. The number of aromatic nitrogens is 1. The van der Waals surface area contributed by atoms with Crippen LogP contribution in [0, 0.1) is 11.8 Å². The van der Waals surface area contributed by atoms with Crippen molar-refractivity contribution in [2.24, 2.45) is 11.8 Å². The minimum absolute atomic E-state index is 0.0244. The minimum atomic E-state index is -0.486. The molecule has 1 amide bonds. The van der Waals surface area contributed by atoms with Crippen molar-refractivity contribution in [1.82, 2.24) is 14.8 Å². The number of nitrogens with zero attached hydrogens (tertiary/aromatic N) is 3. The van der Waals surface area contributed by atoms with E-state index in [0.717, 1.165) is 5.01 Å². The number of likely N-dealkylation sites (tertiary alicyclic amines) is 1. The molecule has 33 heavy (non-hydrogen) atoms. The first-order chi connectivity index (χ1) is 16.0. The molecule has 0 bridgehead atoms. The number of carbonyl (C=O) groups excluding carboxylic acids is 3. The van der Waals surface area contributed by atoms with Crippen molar-refractivity contribution in [3.05, 3.63) is 88.4 Å². The molecule has 0 radical (unpaired) electrons. The van der Waals surface area contributed by atoms with Crippen LogP contribution in [0.4, 0.5) is 0 Å². The molecule has 1 aliphatic heterocycles. The Labute approximate surface area is 197 Å². The van der Waals surface area contributed by atoms with Gasteiger partial charge in [0.15, 0.2) is 11.6 Å². The lowest BCUT2D eigenvalue weighted by molar-refractivity contribution is -0.130. The highest BCUT2D eigenvalue weighted by Gasteiger charge is 2.46. The van der Waals surface area contributed by atoms with Crippen LogP contribution in [0.1, 0.15) is 31.6 Å². The molecular formula is C26H27N3O3S. The summed E-state index contributed by atoms with van der Waals surface area (Å²) in [6.07, 6.45) is 1.72. The molecule has 1 aromatic heterocycles. The number of Topliss-reactive ketones (excluding diaryl/α,β-unsaturated/α-hetero) is 2. The smallest absolute Gasteiger partial charge is 0.236 e. The molecule has 0 unspecified atom stereocenters. The van der Waals surface area contributed by atoms with Gasteiger partial charge >= 0.3 is 0 Å². The van der Waals surface area contributed by atoms with Gasteiger partial charge in [-0.3, -0.25) is 19.3 Å². The summed E-state index contributed by atoms with van der Waals surface area (Å²) in [4.78, 5) is 48.0. The number of likely N-dealkylation sites (N-methyl/N-ethyl adjacent to an activating group) is 1. The van der Waals surface area contributed by atoms with E-state index in [9.17, 15) is 14.4 Å². The minimum Gasteiger partial charge on any atom is -0.348 e. The van der Waals surface area contributed by atoms with E-state index in [4.69, 9.17) is 0 Å². The number of amides is 1. The van der Waals surface area contributed by atoms with E-state index in [-0.39, 0.29) is 29.9 Å². The van der Waals surface area contributed by atoms with Crippen LogP contribution >= 0.6 is 11.3 Å². The van der Waals surface area contributed by atoms with Crippen molar-refractivity contribution in [2.75, 3.05) is 33.7 Å². The predicted molar refractivity (Wildman–Crippen MR) is 129 cm³/mol. The fourth-order valence-corrected chi connectivity index (χ4v) is 5.34. The summed E-state index contributed by atoms with van der Waals surface area (Å²) in [5, 5.41) is 2.67. The van der Waals surface area contributed by atoms with Gasteiger partial charge in [0, 0.05) is 67.6 Å². The highest BCUT2D eigenvalue weighted by molar-refractivity contribution is 7.09. The van der Waals surface area contributed by atoms with Gasteiger partial charge in [0.25, 0.3) is 0 Å². The summed E-state index contributed by atoms with van der Waals surface area (Å²) in [6, 6.07) is 18.3. The Hall–Kier alpha value is -3.16. The van der Waals surface area contributed by atoms with E-state index in [0.29, 0.717) is 24.2 Å². The van der Waals surface area contributed by atoms with E-state index < -0.39 is 11.8 Å². The van der Waals surface area contributed by atoms with E-state index >= 15 is 0 Å². The fraction of sp³-hybridized carbons (Fsp3) is 0.308. The quantitative estimate of drug-likeness (QED) is 0.503. The van der Waals surface area contributed by atoms with Crippen LogP contribution in [0.15, 0.2) is 72.2 Å². The Bertz CT molecular complexity index is 1040. The second-order valence-corrected chi connectivity index (χ2v) is 9.48. The summed E-state index contributed by atoms with van der Waals surface area (Å²) in [5.41, 5.74) is 1.21. The van der Waals surface area contributed by atoms with Gasteiger partial charge in [0.1, 0.15) is 0 Å². The molecule has 6 nitrogen and oxygen atoms in total. The van der Waals surface area contributed by atoms with Crippen molar-refractivity contribution in [2.45, 2.75) is 5.92 Å². The second-order valence-electron chi connectivity index (χ2n) is 8.55. The van der Waals surface area contributed by atoms with Gasteiger partial charge in [-0.25, -0.2) is 4.98 Å². The maximum atomic E-state index is 13.7. The number of ketones is 2. The molecule has 4 rings (SSSR count). The molecule has 7 heteroatoms. The summed E-state index contributed by atoms with van der Waals surface area (Å²) >= 11 is 1.47. The molecule has 3 aromatic rings. The van der Waals surface area contributed by atoms with Crippen LogP contribution in [0.25, 0.3) is 0 Å². The van der Waals surface area contributed by atoms with Crippen molar-refractivity contribution in [3.63, 3.8) is 0 Å². The van der Waals surface area contributed by atoms with Crippen LogP contribution < -0.4 is 0 Å². The Morgan fingerprint density at radius 2 is 1.42 bits per heavy atom. The third-order valence-electron chi connectivity index (χ3n) is 6.16. The van der Waals surface area contributed by atoms with E-state index in [1.807, 2.05) is 46.7 Å². The van der Waals surface area contributed by atoms with Crippen LogP contribution in [0.2, 0.25) is 0 Å². The first-order valence-corrected chi connectivity index (χ1v) is 11.8. The van der Waals surface area contributed by atoms with Gasteiger partial charge in [-0.15, -0.1) is 11.3 Å². The largest absolute Gasteiger partial charge is 0.348 e. The van der Waals surface area contributed by atoms with E-state index in [2.05, 4.69) is 4.98 Å². The SMILES string of the molecule is CN(C)C(=O)CN1C[C@H](C(=O)c2ccccc2)C(c2nccs2)[C@@H](C(=O)c2ccccc2)C1. The zero-order valence-corrected chi connectivity index (χ0v) is 19.6. The fourth-order valence-electron chi connectivity index (χ4n) is 4.47. The van der Waals surface area contributed by atoms with Crippen molar-refractivity contribution in [3.8, 4) is 0 Å². The van der Waals surface area contributed by atoms with E-state index in [1.54, 1.807) is 44.6 Å². The number of benzene rings is 2. The molecule has 2 atom stereocenters. The van der Waals surface area contributed by atoms with Gasteiger partial charge in [0.2, 0.25) is 5.91 Å². The summed E-state index contributed by atoms with van der Waals surface area (Å²) < 4.78 is 0. The standard InChI is InChI=1S/C26H27N3O3S/c1-28(2)22(30)17-29-15-20(24(31)18-9-5-3-6-10-18)23(26-27-13-14-33-26)21(16-29)25(32)19-11-7-4-8-12-19/h3-14,20-21,23H,15-17H2,1-2H3/t20-,21-/m0/s1. The van der Waals surface area contributed by atoms with Crippen molar-refractivity contribution in [1.29, 1.82) is 0 Å². The van der Waals surface area contributed by atoms with Crippen molar-refractivity contribution >= 4 is 28.8 Å². The van der Waals surface area contributed by atoms with Crippen molar-refractivity contribution < 1.29 is 14.4 Å². The average Bonchev–Trinajstić information content (AvgIpc) is 3.38. The molecular weight excluding hydrogens is 434 g/mol. The number of hydrogen-bond donors (Lipinski definition) is 0. The maximum absolute atomic E-state index is 13.7. The molecule has 0 N–H and O–H groups in total. The molecule has 2 aromatic carbocycles. The lowest BCUT2D eigenvalue weighted by atomic mass is 9.72. The maximum Gasteiger partial charge on any atom is 0.236 e. The molecule has 0 spiro atoms. The van der Waals surface area contributed by atoms with Gasteiger partial charge in [-0.1, -0.05) is 60.7 Å². The zero-order chi connectivity index (χ0) is 23.4. The first-order valence-electron chi connectivity index (χ1n) is 11.0. The van der Waals surface area contributed by atoms with Crippen LogP contribution in [-0.4, -0.2) is 66.0 Å². The lowest BCUT2D eigenvalue weighted by Crippen LogP contribution is -2.52. The molecule has 1 saturated heterocycles. The Morgan fingerprint density at radius 3 is 1.85 bits per heavy atom. The van der Waals surface area contributed by atoms with Gasteiger partial charge in [0.05, 0.1) is 11.6 Å². The molecule has 0 saturated carbocycles. The zero-order valence-electron chi connectivity index (χ0n) is 18.8. The lowest BCUT2D eigenvalue weighted by Gasteiger charge is -2.42. The van der Waals surface area contributed by atoms with E-state index in [1.165, 1.54) is 16.2 Å². The Kier molecular flexibility index (Phi) is 7.11. The highest BCUT2D eigenvalue weighted by Crippen LogP contribution is 2.41. The number of thiazole rings is 1. The molecule has 0 aliphatic carbocycles. The monoisotopic (exact) mass is 461 g/mol. The van der Waals surface area contributed by atoms with Gasteiger partial charge < -0.3 is 4.90 Å². The molecule has 2 heterocycles. The Balaban J connectivity index is 1.76. The summed E-state index contributed by atoms with van der Waals surface area (Å²) in [7, 11) is 3.42. The third-order valence-corrected chi connectivity index (χ3v) is 7.04. The molecule has 1 aliphatic rings. The third kappa shape index (κ3) is 5.10. The predicted octanol–water partition coefficient (Wildman–Crippen LogP) is 3.63. The number of carbonyl (C=O) groups is 3. The first kappa shape index (κ1) is 23.0. The second kappa shape index (κ2) is 10.2. The van der Waals surface area contributed by atoms with Crippen LogP contribution in [0.3, 0.4) is 0 Å². The highest BCUT2D eigenvalue weighted by atomic mass is 32.1. The number of rotatable bonds is 7. The number of hydrogen-bond acceptors (Lipinski definition) is 6. The summed E-state index contributed by atoms with van der Waals surface area (Å²) in [5.74, 6) is -1.43. The average molecular weight is 462 g/mol. The van der Waals surface area contributed by atoms with Gasteiger partial charge in [-0.2, -0.15) is 0 Å². The Morgan fingerprint density at radius 1 is 0.909 bits per heavy atom. The van der Waals surface area contributed by atoms with Crippen LogP contribution in [0.5, 0.6) is 0 Å².